The highest BCUT2D eigenvalue weighted by Gasteiger charge is 2.47. The summed E-state index contributed by atoms with van der Waals surface area (Å²) in [5.41, 5.74) is 8.35. The molecule has 1 aliphatic rings. The minimum Gasteiger partial charge on any atom is -0.517 e. The van der Waals surface area contributed by atoms with E-state index in [1.54, 1.807) is 23.6 Å². The zero-order chi connectivity index (χ0) is 35.5. The van der Waals surface area contributed by atoms with Crippen molar-refractivity contribution < 1.29 is 18.3 Å². The predicted molar refractivity (Wildman–Crippen MR) is 205 cm³/mol. The molecule has 11 heteroatoms. The number of thioether (sulfide) groups is 1. The molecule has 0 amide bonds. The molecule has 2 atom stereocenters. The van der Waals surface area contributed by atoms with Crippen molar-refractivity contribution in [3.8, 4) is 5.75 Å². The summed E-state index contributed by atoms with van der Waals surface area (Å²) in [5, 5.41) is 5.25. The Morgan fingerprint density at radius 3 is 2.09 bits per heavy atom. The van der Waals surface area contributed by atoms with Gasteiger partial charge in [0.1, 0.15) is 22.1 Å². The second-order valence-electron chi connectivity index (χ2n) is 16.5. The summed E-state index contributed by atoms with van der Waals surface area (Å²) >= 11 is 1.76. The van der Waals surface area contributed by atoms with Gasteiger partial charge in [0.2, 0.25) is 6.29 Å². The first-order valence-corrected chi connectivity index (χ1v) is 24.3. The van der Waals surface area contributed by atoms with E-state index in [9.17, 15) is 0 Å². The fraction of sp³-hybridized carbons (Fsp3) is 0.722. The normalized spacial score (nSPS) is 17.7. The molecule has 3 rings (SSSR count). The number of nitrogens with zero attached hydrogens (tertiary/aromatic N) is 3. The largest absolute Gasteiger partial charge is 0.517 e. The smallest absolute Gasteiger partial charge is 0.302 e. The number of aromatic nitrogens is 2. The molecule has 1 heterocycles. The molecule has 1 aliphatic carbocycles. The first kappa shape index (κ1) is 39.6. The van der Waals surface area contributed by atoms with Gasteiger partial charge in [-0.1, -0.05) is 92.9 Å². The molecule has 1 saturated carbocycles. The summed E-state index contributed by atoms with van der Waals surface area (Å²) in [6.45, 7) is 27.6. The van der Waals surface area contributed by atoms with Gasteiger partial charge in [-0.25, -0.2) is 4.99 Å². The maximum absolute atomic E-state index is 7.31. The number of nitrogen functional groups attached to an aromatic ring is 1. The molecule has 8 nitrogen and oxygen atoms in total. The summed E-state index contributed by atoms with van der Waals surface area (Å²) in [4.78, 5) is 5.04. The van der Waals surface area contributed by atoms with Crippen LogP contribution in [0.4, 0.5) is 5.82 Å². The molecule has 0 spiro atoms. The van der Waals surface area contributed by atoms with E-state index in [2.05, 4.69) is 87.8 Å². The third-order valence-corrected chi connectivity index (χ3v) is 20.6. The number of hydrogen-bond donors (Lipinski definition) is 1. The number of benzene rings is 1. The van der Waals surface area contributed by atoms with Gasteiger partial charge in [-0.2, -0.15) is 9.78 Å². The van der Waals surface area contributed by atoms with Crippen molar-refractivity contribution in [1.29, 1.82) is 0 Å². The number of hydrogen-bond acceptors (Lipinski definition) is 8. The van der Waals surface area contributed by atoms with E-state index in [-0.39, 0.29) is 14.9 Å². The fourth-order valence-corrected chi connectivity index (χ4v) is 7.63. The number of anilines is 1. The summed E-state index contributed by atoms with van der Waals surface area (Å²) < 4.78 is 28.3. The van der Waals surface area contributed by atoms with Gasteiger partial charge >= 0.3 is 6.02 Å². The van der Waals surface area contributed by atoms with Crippen molar-refractivity contribution in [3.63, 3.8) is 0 Å². The van der Waals surface area contributed by atoms with Crippen molar-refractivity contribution in [2.24, 2.45) is 4.99 Å². The average Bonchev–Trinajstić information content (AvgIpc) is 3.67. The molecular weight excluding hydrogens is 641 g/mol. The topological polar surface area (TPSA) is 93.1 Å². The van der Waals surface area contributed by atoms with Gasteiger partial charge in [0.25, 0.3) is 8.32 Å². The molecule has 266 valence electrons. The standard InChI is InChI=1S/C36H64N4O4SSi2/c1-15-16-20-23-35(8,26-42-46(11,12)33(2,3)4)28-29(31(41-9)43-27-21-18-17-19-22-27)39-40(30(28)37)32(38-36(45-10)24-25-36)44-47(13,14)34(5,6)7/h17-19,21-22,31H,15-16,20,23-26,37H2,1-14H3. The lowest BCUT2D eigenvalue weighted by Crippen LogP contribution is -2.45. The van der Waals surface area contributed by atoms with Gasteiger partial charge in [-0.05, 0) is 73.9 Å². The maximum Gasteiger partial charge on any atom is 0.302 e. The second kappa shape index (κ2) is 15.0. The molecule has 2 aromatic rings. The molecular formula is C36H64N4O4SSi2. The van der Waals surface area contributed by atoms with E-state index in [0.717, 1.165) is 44.1 Å². The number of rotatable bonds is 15. The van der Waals surface area contributed by atoms with Crippen LogP contribution in [0.15, 0.2) is 35.3 Å². The van der Waals surface area contributed by atoms with Gasteiger partial charge in [0.15, 0.2) is 8.32 Å². The van der Waals surface area contributed by atoms with Gasteiger partial charge in [0.05, 0.1) is 0 Å². The van der Waals surface area contributed by atoms with Gasteiger partial charge in [-0.3, -0.25) is 0 Å². The minimum absolute atomic E-state index is 0.0470. The van der Waals surface area contributed by atoms with Gasteiger partial charge in [-0.15, -0.1) is 11.8 Å². The number of unbranched alkanes of at least 4 members (excludes halogenated alkanes) is 2. The van der Waals surface area contributed by atoms with Crippen LogP contribution in [-0.4, -0.2) is 57.3 Å². The van der Waals surface area contributed by atoms with Crippen LogP contribution in [0.1, 0.15) is 111 Å². The molecule has 1 aromatic carbocycles. The zero-order valence-electron chi connectivity index (χ0n) is 31.9. The van der Waals surface area contributed by atoms with Crippen LogP contribution in [-0.2, 0) is 19.0 Å². The summed E-state index contributed by atoms with van der Waals surface area (Å²) in [7, 11) is -2.78. The molecule has 0 bridgehead atoms. The Kier molecular flexibility index (Phi) is 12.6. The lowest BCUT2D eigenvalue weighted by atomic mass is 9.78. The van der Waals surface area contributed by atoms with Crippen LogP contribution < -0.4 is 10.5 Å². The van der Waals surface area contributed by atoms with E-state index in [4.69, 9.17) is 34.2 Å². The maximum atomic E-state index is 7.31. The molecule has 2 unspecified atom stereocenters. The van der Waals surface area contributed by atoms with Gasteiger partial charge in [0, 0.05) is 24.7 Å². The van der Waals surface area contributed by atoms with Crippen molar-refractivity contribution in [3.05, 3.63) is 41.6 Å². The molecule has 0 radical (unpaired) electrons. The van der Waals surface area contributed by atoms with E-state index < -0.39 is 28.3 Å². The number of methoxy groups -OCH3 is 1. The number of para-hydroxylation sites is 1. The highest BCUT2D eigenvalue weighted by atomic mass is 32.2. The van der Waals surface area contributed by atoms with Crippen molar-refractivity contribution in [2.75, 3.05) is 25.7 Å². The number of ether oxygens (including phenoxy) is 2. The third kappa shape index (κ3) is 9.47. The van der Waals surface area contributed by atoms with Crippen LogP contribution in [0.5, 0.6) is 5.75 Å². The SMILES string of the molecule is CCCCCC(C)(CO[Si](C)(C)C(C)(C)C)c1c(C(OC)Oc2ccccc2)nn(C(=NC2(SC)CC2)O[Si](C)(C)C(C)(C)C)c1N. The minimum atomic E-state index is -2.33. The molecule has 2 N–H and O–H groups in total. The highest BCUT2D eigenvalue weighted by molar-refractivity contribution is 8.00. The van der Waals surface area contributed by atoms with Crippen LogP contribution in [0.25, 0.3) is 0 Å². The number of aliphatic imine (C=N–C) groups is 1. The predicted octanol–water partition coefficient (Wildman–Crippen LogP) is 10.1. The lowest BCUT2D eigenvalue weighted by molar-refractivity contribution is -0.0607. The Bertz CT molecular complexity index is 1350. The average molecular weight is 705 g/mol. The molecule has 1 fully saturated rings. The number of nitrogens with two attached hydrogens (primary N) is 1. The molecule has 0 saturated heterocycles. The second-order valence-corrected chi connectivity index (χ2v) is 27.2. The lowest BCUT2D eigenvalue weighted by Gasteiger charge is -2.40. The van der Waals surface area contributed by atoms with E-state index in [1.807, 2.05) is 30.3 Å². The summed E-state index contributed by atoms with van der Waals surface area (Å²) in [6, 6.07) is 10.2. The zero-order valence-corrected chi connectivity index (χ0v) is 34.7. The Labute approximate surface area is 292 Å². The summed E-state index contributed by atoms with van der Waals surface area (Å²) in [6.07, 6.45) is 7.44. The molecule has 0 aliphatic heterocycles. The van der Waals surface area contributed by atoms with Crippen molar-refractivity contribution in [2.45, 2.75) is 147 Å². The molecule has 1 aromatic heterocycles. The first-order chi connectivity index (χ1) is 21.7. The quantitative estimate of drug-likeness (QED) is 0.0648. The first-order valence-electron chi connectivity index (χ1n) is 17.3. The van der Waals surface area contributed by atoms with Crippen LogP contribution in [0.2, 0.25) is 36.3 Å². The Balaban J connectivity index is 2.31. The monoisotopic (exact) mass is 704 g/mol. The van der Waals surface area contributed by atoms with Crippen molar-refractivity contribution in [1.82, 2.24) is 9.78 Å². The van der Waals surface area contributed by atoms with E-state index in [1.165, 1.54) is 0 Å². The van der Waals surface area contributed by atoms with E-state index in [0.29, 0.717) is 29.9 Å². The summed E-state index contributed by atoms with van der Waals surface area (Å²) in [5.74, 6) is 1.19. The Morgan fingerprint density at radius 2 is 1.60 bits per heavy atom. The van der Waals surface area contributed by atoms with E-state index >= 15 is 0 Å². The Morgan fingerprint density at radius 1 is 1.00 bits per heavy atom. The highest BCUT2D eigenvalue weighted by Crippen LogP contribution is 2.50. The fourth-order valence-electron chi connectivity index (χ4n) is 4.94. The third-order valence-electron chi connectivity index (χ3n) is 10.6. The Hall–Kier alpha value is -1.80. The van der Waals surface area contributed by atoms with Crippen LogP contribution >= 0.6 is 11.8 Å². The molecule has 47 heavy (non-hydrogen) atoms. The van der Waals surface area contributed by atoms with Crippen molar-refractivity contribution >= 4 is 40.2 Å². The van der Waals surface area contributed by atoms with Crippen LogP contribution in [0, 0.1) is 0 Å². The van der Waals surface area contributed by atoms with Gasteiger partial charge < -0.3 is 24.1 Å². The van der Waals surface area contributed by atoms with Crippen LogP contribution in [0.3, 0.4) is 0 Å².